The summed E-state index contributed by atoms with van der Waals surface area (Å²) in [5, 5.41) is 0. The molecule has 0 unspecified atom stereocenters. The van der Waals surface area contributed by atoms with Gasteiger partial charge < -0.3 is 4.74 Å². The van der Waals surface area contributed by atoms with Crippen molar-refractivity contribution in [2.24, 2.45) is 23.2 Å². The van der Waals surface area contributed by atoms with Crippen molar-refractivity contribution in [1.29, 1.82) is 0 Å². The number of benzene rings is 1. The Labute approximate surface area is 132 Å². The zero-order chi connectivity index (χ0) is 15.2. The molecule has 5 rings (SSSR count). The molecule has 0 N–H and O–H groups in total. The maximum absolute atomic E-state index is 12.9. The van der Waals surface area contributed by atoms with Crippen LogP contribution in [0, 0.1) is 23.2 Å². The first-order chi connectivity index (χ1) is 10.7. The number of allylic oxidation sites excluding steroid dienone is 1. The van der Waals surface area contributed by atoms with Crippen molar-refractivity contribution in [3.05, 3.63) is 35.9 Å². The van der Waals surface area contributed by atoms with E-state index in [-0.39, 0.29) is 5.41 Å². The van der Waals surface area contributed by atoms with Gasteiger partial charge in [-0.3, -0.25) is 4.79 Å². The molecule has 116 valence electrons. The zero-order valence-corrected chi connectivity index (χ0v) is 13.3. The molecule has 0 spiro atoms. The molecule has 0 aliphatic heterocycles. The lowest BCUT2D eigenvalue weighted by Crippen LogP contribution is -2.49. The van der Waals surface area contributed by atoms with E-state index in [1.54, 1.807) is 7.11 Å². The van der Waals surface area contributed by atoms with Gasteiger partial charge in [0.25, 0.3) is 0 Å². The lowest BCUT2D eigenvalue weighted by molar-refractivity contribution is -0.138. The van der Waals surface area contributed by atoms with E-state index >= 15 is 0 Å². The SMILES string of the molecule is COc1ccc(/C=C/C(=O)C23CC4CC(CC(C4)C2)C3)cc1. The standard InChI is InChI=1S/C20H24O2/c1-22-18-5-2-14(3-6-18)4-7-19(21)20-11-15-8-16(12-20)10-17(9-15)13-20/h2-7,15-17H,8-13H2,1H3/b7-4+. The van der Waals surface area contributed by atoms with E-state index in [1.807, 2.05) is 36.4 Å². The van der Waals surface area contributed by atoms with E-state index in [1.165, 1.54) is 19.3 Å². The normalized spacial score (nSPS) is 36.0. The first-order valence-electron chi connectivity index (χ1n) is 8.53. The van der Waals surface area contributed by atoms with Crippen LogP contribution < -0.4 is 4.74 Å². The highest BCUT2D eigenvalue weighted by Crippen LogP contribution is 2.60. The maximum atomic E-state index is 12.9. The summed E-state index contributed by atoms with van der Waals surface area (Å²) in [7, 11) is 1.67. The van der Waals surface area contributed by atoms with Gasteiger partial charge in [0.2, 0.25) is 0 Å². The molecule has 0 atom stereocenters. The van der Waals surface area contributed by atoms with Gasteiger partial charge in [0, 0.05) is 5.41 Å². The average Bonchev–Trinajstić information content (AvgIpc) is 2.51. The van der Waals surface area contributed by atoms with E-state index in [2.05, 4.69) is 0 Å². The highest BCUT2D eigenvalue weighted by atomic mass is 16.5. The minimum atomic E-state index is -0.0162. The van der Waals surface area contributed by atoms with Gasteiger partial charge in [-0.15, -0.1) is 0 Å². The van der Waals surface area contributed by atoms with Gasteiger partial charge in [0.15, 0.2) is 5.78 Å². The number of methoxy groups -OCH3 is 1. The lowest BCUT2D eigenvalue weighted by Gasteiger charge is -2.55. The highest BCUT2D eigenvalue weighted by Gasteiger charge is 2.53. The second-order valence-electron chi connectivity index (χ2n) is 7.67. The largest absolute Gasteiger partial charge is 0.497 e. The summed E-state index contributed by atoms with van der Waals surface area (Å²) in [6, 6.07) is 7.88. The minimum Gasteiger partial charge on any atom is -0.497 e. The van der Waals surface area contributed by atoms with Crippen LogP contribution in [0.15, 0.2) is 30.3 Å². The van der Waals surface area contributed by atoms with Crippen LogP contribution in [0.1, 0.15) is 44.1 Å². The predicted molar refractivity (Wildman–Crippen MR) is 87.6 cm³/mol. The molecule has 0 heterocycles. The predicted octanol–water partition coefficient (Wildman–Crippen LogP) is 4.49. The summed E-state index contributed by atoms with van der Waals surface area (Å²) in [5.74, 6) is 3.70. The first-order valence-corrected chi connectivity index (χ1v) is 8.53. The second kappa shape index (κ2) is 5.26. The van der Waals surface area contributed by atoms with Crippen molar-refractivity contribution in [2.45, 2.75) is 38.5 Å². The zero-order valence-electron chi connectivity index (χ0n) is 13.3. The molecule has 0 amide bonds. The summed E-state index contributed by atoms with van der Waals surface area (Å²) in [6.45, 7) is 0. The second-order valence-corrected chi connectivity index (χ2v) is 7.67. The molecule has 4 bridgehead atoms. The molecule has 4 aliphatic rings. The monoisotopic (exact) mass is 296 g/mol. The van der Waals surface area contributed by atoms with Crippen molar-refractivity contribution >= 4 is 11.9 Å². The Bertz CT molecular complexity index is 561. The van der Waals surface area contributed by atoms with Gasteiger partial charge in [0.05, 0.1) is 7.11 Å². The summed E-state index contributed by atoms with van der Waals surface area (Å²) in [4.78, 5) is 12.9. The molecule has 2 nitrogen and oxygen atoms in total. The van der Waals surface area contributed by atoms with Crippen LogP contribution in [0.3, 0.4) is 0 Å². The third kappa shape index (κ3) is 2.39. The Morgan fingerprint density at radius 1 is 1.05 bits per heavy atom. The quantitative estimate of drug-likeness (QED) is 0.765. The Balaban J connectivity index is 1.50. The number of ketones is 1. The average molecular weight is 296 g/mol. The highest BCUT2D eigenvalue weighted by molar-refractivity contribution is 5.98. The van der Waals surface area contributed by atoms with Gasteiger partial charge in [0.1, 0.15) is 5.75 Å². The number of hydrogen-bond donors (Lipinski definition) is 0. The molecule has 1 aromatic carbocycles. The van der Waals surface area contributed by atoms with E-state index in [4.69, 9.17) is 4.74 Å². The lowest BCUT2D eigenvalue weighted by atomic mass is 9.48. The first kappa shape index (κ1) is 14.0. The Morgan fingerprint density at radius 2 is 1.59 bits per heavy atom. The van der Waals surface area contributed by atoms with Crippen LogP contribution >= 0.6 is 0 Å². The Kier molecular flexibility index (Phi) is 3.36. The maximum Gasteiger partial charge on any atom is 0.161 e. The fraction of sp³-hybridized carbons (Fsp3) is 0.550. The summed E-state index contributed by atoms with van der Waals surface area (Å²) in [5.41, 5.74) is 1.05. The van der Waals surface area contributed by atoms with Gasteiger partial charge in [-0.25, -0.2) is 0 Å². The molecule has 0 saturated heterocycles. The summed E-state index contributed by atoms with van der Waals surface area (Å²) >= 11 is 0. The molecule has 4 saturated carbocycles. The van der Waals surface area contributed by atoms with Crippen molar-refractivity contribution < 1.29 is 9.53 Å². The molecular formula is C20H24O2. The van der Waals surface area contributed by atoms with Crippen LogP contribution in [0.5, 0.6) is 5.75 Å². The van der Waals surface area contributed by atoms with E-state index < -0.39 is 0 Å². The van der Waals surface area contributed by atoms with Gasteiger partial charge >= 0.3 is 0 Å². The molecule has 22 heavy (non-hydrogen) atoms. The molecule has 0 radical (unpaired) electrons. The molecule has 0 aromatic heterocycles. The third-order valence-corrected chi connectivity index (χ3v) is 6.10. The van der Waals surface area contributed by atoms with E-state index in [0.717, 1.165) is 48.3 Å². The topological polar surface area (TPSA) is 26.3 Å². The number of hydrogen-bond acceptors (Lipinski definition) is 2. The van der Waals surface area contributed by atoms with Crippen LogP contribution in [0.25, 0.3) is 6.08 Å². The molecule has 2 heteroatoms. The van der Waals surface area contributed by atoms with Gasteiger partial charge in [-0.1, -0.05) is 18.2 Å². The Hall–Kier alpha value is -1.57. The van der Waals surface area contributed by atoms with E-state index in [9.17, 15) is 4.79 Å². The fourth-order valence-corrected chi connectivity index (χ4v) is 5.48. The molecule has 1 aromatic rings. The van der Waals surface area contributed by atoms with Crippen LogP contribution in [-0.2, 0) is 4.79 Å². The van der Waals surface area contributed by atoms with Gasteiger partial charge in [-0.05, 0) is 80.1 Å². The summed E-state index contributed by atoms with van der Waals surface area (Å²) < 4.78 is 5.17. The smallest absolute Gasteiger partial charge is 0.161 e. The van der Waals surface area contributed by atoms with Crippen molar-refractivity contribution in [3.63, 3.8) is 0 Å². The van der Waals surface area contributed by atoms with Crippen LogP contribution in [-0.4, -0.2) is 12.9 Å². The van der Waals surface area contributed by atoms with Crippen LogP contribution in [0.4, 0.5) is 0 Å². The fourth-order valence-electron chi connectivity index (χ4n) is 5.48. The van der Waals surface area contributed by atoms with E-state index in [0.29, 0.717) is 5.78 Å². The number of carbonyl (C=O) groups is 1. The molecular weight excluding hydrogens is 272 g/mol. The van der Waals surface area contributed by atoms with Crippen molar-refractivity contribution in [1.82, 2.24) is 0 Å². The van der Waals surface area contributed by atoms with Crippen molar-refractivity contribution in [3.8, 4) is 5.75 Å². The molecule has 4 fully saturated rings. The van der Waals surface area contributed by atoms with Gasteiger partial charge in [-0.2, -0.15) is 0 Å². The molecule has 4 aliphatic carbocycles. The number of rotatable bonds is 4. The minimum absolute atomic E-state index is 0.0162. The summed E-state index contributed by atoms with van der Waals surface area (Å²) in [6.07, 6.45) is 11.4. The third-order valence-electron chi connectivity index (χ3n) is 6.10. The Morgan fingerprint density at radius 3 is 2.09 bits per heavy atom. The number of ether oxygens (including phenoxy) is 1. The van der Waals surface area contributed by atoms with Crippen molar-refractivity contribution in [2.75, 3.05) is 7.11 Å². The number of carbonyl (C=O) groups excluding carboxylic acids is 1. The van der Waals surface area contributed by atoms with Crippen LogP contribution in [0.2, 0.25) is 0 Å².